The minimum absolute atomic E-state index is 0.164. The molecule has 7 heteroatoms. The van der Waals surface area contributed by atoms with Gasteiger partial charge in [0.2, 0.25) is 5.91 Å². The summed E-state index contributed by atoms with van der Waals surface area (Å²) in [6, 6.07) is 20.6. The van der Waals surface area contributed by atoms with Crippen LogP contribution in [0, 0.1) is 0 Å². The van der Waals surface area contributed by atoms with Gasteiger partial charge in [-0.25, -0.2) is 0 Å². The van der Waals surface area contributed by atoms with Crippen LogP contribution in [0.3, 0.4) is 0 Å². The standard InChI is InChI=1S/C26H25F3N2O2/c1-33-23-12-6-5-10-21(23)22-11-7-17-31(22)25(32)24(30-20-8-3-2-4-9-20)18-13-15-19(16-14-18)26(27,28)29/h2-6,8-10,12-16,22,24,30H,7,11,17H2,1H3. The van der Waals surface area contributed by atoms with Crippen LogP contribution in [-0.4, -0.2) is 24.5 Å². The Bertz CT molecular complexity index is 1080. The van der Waals surface area contributed by atoms with Gasteiger partial charge in [-0.05, 0) is 48.7 Å². The summed E-state index contributed by atoms with van der Waals surface area (Å²) in [5.74, 6) is 0.524. The molecule has 1 amide bonds. The van der Waals surface area contributed by atoms with Gasteiger partial charge in [0.1, 0.15) is 11.8 Å². The average Bonchev–Trinajstić information content (AvgIpc) is 3.32. The Morgan fingerprint density at radius 2 is 1.67 bits per heavy atom. The number of hydrogen-bond acceptors (Lipinski definition) is 3. The van der Waals surface area contributed by atoms with Gasteiger partial charge >= 0.3 is 6.18 Å². The Morgan fingerprint density at radius 1 is 1.00 bits per heavy atom. The van der Waals surface area contributed by atoms with Crippen molar-refractivity contribution < 1.29 is 22.7 Å². The molecule has 0 spiro atoms. The molecule has 1 aliphatic rings. The molecule has 1 fully saturated rings. The third-order valence-corrected chi connectivity index (χ3v) is 5.94. The molecule has 0 saturated carbocycles. The second-order valence-electron chi connectivity index (χ2n) is 7.99. The second-order valence-corrected chi connectivity index (χ2v) is 7.99. The fraction of sp³-hybridized carbons (Fsp3) is 0.269. The van der Waals surface area contributed by atoms with Gasteiger partial charge < -0.3 is 15.0 Å². The van der Waals surface area contributed by atoms with Crippen molar-refractivity contribution in [1.82, 2.24) is 4.90 Å². The molecular formula is C26H25F3N2O2. The first-order chi connectivity index (χ1) is 15.9. The van der Waals surface area contributed by atoms with Crippen LogP contribution in [0.2, 0.25) is 0 Å². The van der Waals surface area contributed by atoms with Crippen molar-refractivity contribution in [2.24, 2.45) is 0 Å². The smallest absolute Gasteiger partial charge is 0.416 e. The predicted octanol–water partition coefficient (Wildman–Crippen LogP) is 6.23. The topological polar surface area (TPSA) is 41.6 Å². The van der Waals surface area contributed by atoms with Gasteiger partial charge in [0, 0.05) is 17.8 Å². The highest BCUT2D eigenvalue weighted by Gasteiger charge is 2.36. The summed E-state index contributed by atoms with van der Waals surface area (Å²) in [4.78, 5) is 15.6. The molecule has 1 aliphatic heterocycles. The Morgan fingerprint density at radius 3 is 2.33 bits per heavy atom. The highest BCUT2D eigenvalue weighted by molar-refractivity contribution is 5.87. The van der Waals surface area contributed by atoms with E-state index in [9.17, 15) is 18.0 Å². The van der Waals surface area contributed by atoms with Crippen molar-refractivity contribution in [2.75, 3.05) is 19.0 Å². The number of rotatable bonds is 6. The van der Waals surface area contributed by atoms with Gasteiger partial charge in [0.25, 0.3) is 0 Å². The third-order valence-electron chi connectivity index (χ3n) is 5.94. The van der Waals surface area contributed by atoms with E-state index in [-0.39, 0.29) is 11.9 Å². The number of anilines is 1. The Kier molecular flexibility index (Phi) is 6.58. The van der Waals surface area contributed by atoms with Crippen molar-refractivity contribution in [1.29, 1.82) is 0 Å². The molecule has 0 radical (unpaired) electrons. The molecule has 0 aromatic heterocycles. The normalized spacial score (nSPS) is 17.0. The molecule has 33 heavy (non-hydrogen) atoms. The number of carbonyl (C=O) groups excluding carboxylic acids is 1. The van der Waals surface area contributed by atoms with E-state index in [0.717, 1.165) is 30.5 Å². The molecule has 1 saturated heterocycles. The van der Waals surface area contributed by atoms with Crippen LogP contribution >= 0.6 is 0 Å². The summed E-state index contributed by atoms with van der Waals surface area (Å²) in [6.07, 6.45) is -2.81. The number of methoxy groups -OCH3 is 1. The molecule has 0 bridgehead atoms. The van der Waals surface area contributed by atoms with E-state index in [1.807, 2.05) is 54.6 Å². The van der Waals surface area contributed by atoms with Crippen LogP contribution in [-0.2, 0) is 11.0 Å². The lowest BCUT2D eigenvalue weighted by atomic mass is 10.00. The van der Waals surface area contributed by atoms with Gasteiger partial charge in [-0.1, -0.05) is 48.5 Å². The summed E-state index contributed by atoms with van der Waals surface area (Å²) in [5.41, 5.74) is 1.37. The SMILES string of the molecule is COc1ccccc1C1CCCN1C(=O)C(Nc1ccccc1)c1ccc(C(F)(F)F)cc1. The number of nitrogens with zero attached hydrogens (tertiary/aromatic N) is 1. The maximum Gasteiger partial charge on any atom is 0.416 e. The molecule has 3 aromatic carbocycles. The van der Waals surface area contributed by atoms with Gasteiger partial charge in [-0.2, -0.15) is 13.2 Å². The second kappa shape index (κ2) is 9.57. The van der Waals surface area contributed by atoms with Gasteiger partial charge in [-0.15, -0.1) is 0 Å². The number of para-hydroxylation sites is 2. The molecule has 172 valence electrons. The Hall–Kier alpha value is -3.48. The number of halogens is 3. The number of alkyl halides is 3. The lowest BCUT2D eigenvalue weighted by Gasteiger charge is -2.31. The molecule has 4 nitrogen and oxygen atoms in total. The number of benzene rings is 3. The van der Waals surface area contributed by atoms with E-state index >= 15 is 0 Å². The third kappa shape index (κ3) is 4.97. The zero-order valence-electron chi connectivity index (χ0n) is 18.2. The average molecular weight is 454 g/mol. The zero-order valence-corrected chi connectivity index (χ0v) is 18.2. The first kappa shape index (κ1) is 22.7. The first-order valence-corrected chi connectivity index (χ1v) is 10.8. The van der Waals surface area contributed by atoms with E-state index in [1.54, 1.807) is 12.0 Å². The monoisotopic (exact) mass is 454 g/mol. The number of ether oxygens (including phenoxy) is 1. The number of amides is 1. The highest BCUT2D eigenvalue weighted by Crippen LogP contribution is 2.39. The van der Waals surface area contributed by atoms with E-state index < -0.39 is 17.8 Å². The quantitative estimate of drug-likeness (QED) is 0.480. The lowest BCUT2D eigenvalue weighted by molar-refractivity contribution is -0.137. The molecule has 0 aliphatic carbocycles. The summed E-state index contributed by atoms with van der Waals surface area (Å²) < 4.78 is 44.7. The van der Waals surface area contributed by atoms with E-state index in [1.165, 1.54) is 12.1 Å². The molecule has 2 atom stereocenters. The Labute approximate surface area is 191 Å². The minimum atomic E-state index is -4.44. The van der Waals surface area contributed by atoms with Crippen molar-refractivity contribution in [3.05, 3.63) is 95.6 Å². The Balaban J connectivity index is 1.68. The fourth-order valence-corrected chi connectivity index (χ4v) is 4.31. The summed E-state index contributed by atoms with van der Waals surface area (Å²) in [5, 5.41) is 3.23. The number of likely N-dealkylation sites (tertiary alicyclic amines) is 1. The molecule has 1 N–H and O–H groups in total. The number of hydrogen-bond donors (Lipinski definition) is 1. The van der Waals surface area contributed by atoms with Crippen LogP contribution in [0.15, 0.2) is 78.9 Å². The number of nitrogens with one attached hydrogen (secondary N) is 1. The van der Waals surface area contributed by atoms with Crippen molar-refractivity contribution in [3.8, 4) is 5.75 Å². The molecule has 2 unspecified atom stereocenters. The van der Waals surface area contributed by atoms with Crippen LogP contribution in [0.25, 0.3) is 0 Å². The van der Waals surface area contributed by atoms with E-state index in [2.05, 4.69) is 5.32 Å². The minimum Gasteiger partial charge on any atom is -0.496 e. The van der Waals surface area contributed by atoms with Crippen LogP contribution < -0.4 is 10.1 Å². The largest absolute Gasteiger partial charge is 0.496 e. The molecule has 1 heterocycles. The highest BCUT2D eigenvalue weighted by atomic mass is 19.4. The van der Waals surface area contributed by atoms with E-state index in [0.29, 0.717) is 23.5 Å². The maximum absolute atomic E-state index is 13.8. The van der Waals surface area contributed by atoms with Gasteiger partial charge in [0.05, 0.1) is 18.7 Å². The van der Waals surface area contributed by atoms with Crippen molar-refractivity contribution >= 4 is 11.6 Å². The van der Waals surface area contributed by atoms with Crippen LogP contribution in [0.5, 0.6) is 5.75 Å². The zero-order chi connectivity index (χ0) is 23.4. The summed E-state index contributed by atoms with van der Waals surface area (Å²) in [6.45, 7) is 0.565. The summed E-state index contributed by atoms with van der Waals surface area (Å²) >= 11 is 0. The first-order valence-electron chi connectivity index (χ1n) is 10.8. The van der Waals surface area contributed by atoms with Crippen molar-refractivity contribution in [3.63, 3.8) is 0 Å². The fourth-order valence-electron chi connectivity index (χ4n) is 4.31. The van der Waals surface area contributed by atoms with Gasteiger partial charge in [0.15, 0.2) is 0 Å². The van der Waals surface area contributed by atoms with Crippen molar-refractivity contribution in [2.45, 2.75) is 31.1 Å². The van der Waals surface area contributed by atoms with Gasteiger partial charge in [-0.3, -0.25) is 4.79 Å². The van der Waals surface area contributed by atoms with E-state index in [4.69, 9.17) is 4.74 Å². The number of carbonyl (C=O) groups is 1. The molecular weight excluding hydrogens is 429 g/mol. The van der Waals surface area contributed by atoms with Crippen LogP contribution in [0.1, 0.15) is 41.6 Å². The lowest BCUT2D eigenvalue weighted by Crippen LogP contribution is -2.37. The predicted molar refractivity (Wildman–Crippen MR) is 121 cm³/mol. The molecule has 4 rings (SSSR count). The van der Waals surface area contributed by atoms with Crippen LogP contribution in [0.4, 0.5) is 18.9 Å². The maximum atomic E-state index is 13.8. The molecule has 3 aromatic rings. The summed E-state index contributed by atoms with van der Waals surface area (Å²) in [7, 11) is 1.60.